The van der Waals surface area contributed by atoms with Crippen LogP contribution in [0, 0.1) is 0 Å². The van der Waals surface area contributed by atoms with Crippen LogP contribution in [0.3, 0.4) is 0 Å². The zero-order valence-electron chi connectivity index (χ0n) is 12.6. The van der Waals surface area contributed by atoms with Crippen molar-refractivity contribution in [1.82, 2.24) is 15.1 Å². The number of urea groups is 1. The Morgan fingerprint density at radius 2 is 2.14 bits per heavy atom. The van der Waals surface area contributed by atoms with Gasteiger partial charge in [-0.2, -0.15) is 0 Å². The maximum Gasteiger partial charge on any atom is 0.317 e. The zero-order chi connectivity index (χ0) is 15.2. The number of nitrogens with zero attached hydrogens (tertiary/aromatic N) is 2. The Bertz CT molecular complexity index is 537. The normalized spacial score (nSPS) is 12.4. The molecule has 1 atom stereocenters. The van der Waals surface area contributed by atoms with Gasteiger partial charge in [0, 0.05) is 18.5 Å². The average molecular weight is 307 g/mol. The number of hydrogen-bond acceptors (Lipinski definition) is 4. The second kappa shape index (κ2) is 7.28. The Balaban J connectivity index is 1.87. The third-order valence-corrected chi connectivity index (χ3v) is 4.23. The first kappa shape index (κ1) is 15.6. The van der Waals surface area contributed by atoms with Crippen LogP contribution >= 0.6 is 11.3 Å². The molecule has 6 heteroatoms. The number of rotatable bonds is 6. The average Bonchev–Trinajstić information content (AvgIpc) is 3.11. The van der Waals surface area contributed by atoms with E-state index in [2.05, 4.69) is 21.7 Å². The highest BCUT2D eigenvalue weighted by atomic mass is 32.1. The second-order valence-electron chi connectivity index (χ2n) is 5.12. The van der Waals surface area contributed by atoms with Crippen LogP contribution in [0.15, 0.2) is 40.3 Å². The predicted octanol–water partition coefficient (Wildman–Crippen LogP) is 2.79. The Kier molecular flexibility index (Phi) is 5.41. The first-order valence-electron chi connectivity index (χ1n) is 6.79. The van der Waals surface area contributed by atoms with Crippen LogP contribution in [0.1, 0.15) is 16.7 Å². The van der Waals surface area contributed by atoms with E-state index in [4.69, 9.17) is 4.42 Å². The molecule has 5 nitrogen and oxygen atoms in total. The highest BCUT2D eigenvalue weighted by Gasteiger charge is 2.17. The molecule has 2 rings (SSSR count). The summed E-state index contributed by atoms with van der Waals surface area (Å²) in [5.41, 5.74) is 0. The van der Waals surface area contributed by atoms with Crippen molar-refractivity contribution in [2.75, 3.05) is 27.7 Å². The van der Waals surface area contributed by atoms with E-state index < -0.39 is 0 Å². The van der Waals surface area contributed by atoms with Crippen LogP contribution in [0.25, 0.3) is 0 Å². The Morgan fingerprint density at radius 1 is 1.33 bits per heavy atom. The van der Waals surface area contributed by atoms with Crippen molar-refractivity contribution in [2.45, 2.75) is 12.6 Å². The molecule has 0 fully saturated rings. The first-order valence-corrected chi connectivity index (χ1v) is 7.67. The summed E-state index contributed by atoms with van der Waals surface area (Å²) < 4.78 is 5.25. The molecule has 1 N–H and O–H groups in total. The van der Waals surface area contributed by atoms with Gasteiger partial charge in [-0.15, -0.1) is 11.3 Å². The standard InChI is InChI=1S/C15H21N3O2S/c1-17(2)13(14-7-5-9-21-14)10-16-15(19)18(3)11-12-6-4-8-20-12/h4-9,13H,10-11H2,1-3H3,(H,16,19). The molecule has 0 aliphatic heterocycles. The van der Waals surface area contributed by atoms with E-state index in [1.165, 1.54) is 4.88 Å². The fourth-order valence-electron chi connectivity index (χ4n) is 2.05. The minimum absolute atomic E-state index is 0.102. The SMILES string of the molecule is CN(Cc1ccco1)C(=O)NCC(c1cccs1)N(C)C. The smallest absolute Gasteiger partial charge is 0.317 e. The highest BCUT2D eigenvalue weighted by Crippen LogP contribution is 2.22. The molecule has 2 heterocycles. The molecular formula is C15H21N3O2S. The number of furan rings is 1. The zero-order valence-corrected chi connectivity index (χ0v) is 13.4. The van der Waals surface area contributed by atoms with Gasteiger partial charge in [-0.05, 0) is 37.7 Å². The summed E-state index contributed by atoms with van der Waals surface area (Å²) in [6.45, 7) is 1.04. The third kappa shape index (κ3) is 4.34. The van der Waals surface area contributed by atoms with Crippen LogP contribution in [0.2, 0.25) is 0 Å². The number of nitrogens with one attached hydrogen (secondary N) is 1. The van der Waals surface area contributed by atoms with Gasteiger partial charge in [-0.1, -0.05) is 6.07 Å². The summed E-state index contributed by atoms with van der Waals surface area (Å²) in [5, 5.41) is 5.03. The molecule has 0 saturated heterocycles. The van der Waals surface area contributed by atoms with E-state index in [1.807, 2.05) is 32.3 Å². The second-order valence-corrected chi connectivity index (χ2v) is 6.10. The van der Waals surface area contributed by atoms with Gasteiger partial charge in [0.2, 0.25) is 0 Å². The fourth-order valence-corrected chi connectivity index (χ4v) is 2.97. The molecule has 114 valence electrons. The number of thiophene rings is 1. The number of amides is 2. The molecule has 2 amide bonds. The topological polar surface area (TPSA) is 48.7 Å². The van der Waals surface area contributed by atoms with Crippen molar-refractivity contribution in [1.29, 1.82) is 0 Å². The molecule has 1 unspecified atom stereocenters. The lowest BCUT2D eigenvalue weighted by Gasteiger charge is -2.25. The molecule has 0 aliphatic rings. The molecule has 0 aliphatic carbocycles. The summed E-state index contributed by atoms with van der Waals surface area (Å²) in [7, 11) is 5.79. The summed E-state index contributed by atoms with van der Waals surface area (Å²) in [5.74, 6) is 0.773. The Labute approximate surface area is 129 Å². The van der Waals surface area contributed by atoms with Crippen LogP contribution in [-0.2, 0) is 6.54 Å². The molecule has 0 aromatic carbocycles. The van der Waals surface area contributed by atoms with Crippen LogP contribution in [0.5, 0.6) is 0 Å². The molecule has 0 saturated carbocycles. The van der Waals surface area contributed by atoms with Gasteiger partial charge < -0.3 is 19.5 Å². The van der Waals surface area contributed by atoms with E-state index in [0.29, 0.717) is 13.1 Å². The lowest BCUT2D eigenvalue weighted by Crippen LogP contribution is -2.41. The molecule has 0 spiro atoms. The summed E-state index contributed by atoms with van der Waals surface area (Å²) >= 11 is 1.70. The molecule has 2 aromatic heterocycles. The maximum absolute atomic E-state index is 12.1. The maximum atomic E-state index is 12.1. The largest absolute Gasteiger partial charge is 0.467 e. The molecule has 21 heavy (non-hydrogen) atoms. The van der Waals surface area contributed by atoms with Crippen molar-refractivity contribution in [3.63, 3.8) is 0 Å². The van der Waals surface area contributed by atoms with Crippen molar-refractivity contribution in [2.24, 2.45) is 0 Å². The fraction of sp³-hybridized carbons (Fsp3) is 0.400. The third-order valence-electron chi connectivity index (χ3n) is 3.26. The van der Waals surface area contributed by atoms with Crippen LogP contribution < -0.4 is 5.32 Å². The molecule has 2 aromatic rings. The van der Waals surface area contributed by atoms with Crippen molar-refractivity contribution in [3.05, 3.63) is 46.5 Å². The van der Waals surface area contributed by atoms with Crippen LogP contribution in [0.4, 0.5) is 4.79 Å². The van der Waals surface area contributed by atoms with E-state index in [-0.39, 0.29) is 12.1 Å². The summed E-state index contributed by atoms with van der Waals surface area (Å²) in [4.78, 5) is 17.1. The number of carbonyl (C=O) groups excluding carboxylic acids is 1. The van der Waals surface area contributed by atoms with Gasteiger partial charge in [0.1, 0.15) is 5.76 Å². The minimum Gasteiger partial charge on any atom is -0.467 e. The van der Waals surface area contributed by atoms with E-state index in [9.17, 15) is 4.79 Å². The lowest BCUT2D eigenvalue weighted by molar-refractivity contribution is 0.197. The van der Waals surface area contributed by atoms with Gasteiger partial charge in [0.15, 0.2) is 0 Å². The van der Waals surface area contributed by atoms with Crippen molar-refractivity contribution >= 4 is 17.4 Å². The summed E-state index contributed by atoms with van der Waals surface area (Å²) in [6, 6.07) is 7.88. The van der Waals surface area contributed by atoms with Crippen molar-refractivity contribution < 1.29 is 9.21 Å². The number of likely N-dealkylation sites (N-methyl/N-ethyl adjacent to an activating group) is 1. The van der Waals surface area contributed by atoms with Gasteiger partial charge in [-0.25, -0.2) is 4.79 Å². The molecule has 0 radical (unpaired) electrons. The molecule has 0 bridgehead atoms. The van der Waals surface area contributed by atoms with Gasteiger partial charge >= 0.3 is 6.03 Å². The van der Waals surface area contributed by atoms with E-state index in [1.54, 1.807) is 29.5 Å². The Hall–Kier alpha value is -1.79. The Morgan fingerprint density at radius 3 is 2.71 bits per heavy atom. The lowest BCUT2D eigenvalue weighted by atomic mass is 10.2. The number of hydrogen-bond donors (Lipinski definition) is 1. The quantitative estimate of drug-likeness (QED) is 0.893. The minimum atomic E-state index is -0.102. The number of carbonyl (C=O) groups is 1. The van der Waals surface area contributed by atoms with E-state index in [0.717, 1.165) is 5.76 Å². The van der Waals surface area contributed by atoms with E-state index >= 15 is 0 Å². The highest BCUT2D eigenvalue weighted by molar-refractivity contribution is 7.10. The van der Waals surface area contributed by atoms with Gasteiger partial charge in [0.25, 0.3) is 0 Å². The molecular weight excluding hydrogens is 286 g/mol. The van der Waals surface area contributed by atoms with Gasteiger partial charge in [-0.3, -0.25) is 0 Å². The van der Waals surface area contributed by atoms with Crippen LogP contribution in [-0.4, -0.2) is 43.5 Å². The van der Waals surface area contributed by atoms with Crippen molar-refractivity contribution in [3.8, 4) is 0 Å². The predicted molar refractivity (Wildman–Crippen MR) is 84.3 cm³/mol. The first-order chi connectivity index (χ1) is 10.1. The van der Waals surface area contributed by atoms with Gasteiger partial charge in [0.05, 0.1) is 18.8 Å². The monoisotopic (exact) mass is 307 g/mol. The summed E-state index contributed by atoms with van der Waals surface area (Å²) in [6.07, 6.45) is 1.61.